The summed E-state index contributed by atoms with van der Waals surface area (Å²) in [6, 6.07) is 3.75. The van der Waals surface area contributed by atoms with E-state index in [2.05, 4.69) is 0 Å². The van der Waals surface area contributed by atoms with Crippen molar-refractivity contribution < 1.29 is 9.53 Å². The van der Waals surface area contributed by atoms with Gasteiger partial charge in [-0.2, -0.15) is 0 Å². The van der Waals surface area contributed by atoms with Crippen LogP contribution >= 0.6 is 11.3 Å². The van der Waals surface area contributed by atoms with Gasteiger partial charge < -0.3 is 4.74 Å². The van der Waals surface area contributed by atoms with Crippen LogP contribution in [0.2, 0.25) is 0 Å². The van der Waals surface area contributed by atoms with Gasteiger partial charge in [0.05, 0.1) is 4.88 Å². The van der Waals surface area contributed by atoms with Crippen molar-refractivity contribution in [2.45, 2.75) is 18.9 Å². The molecule has 0 aliphatic carbocycles. The number of hydrogen-bond acceptors (Lipinski definition) is 3. The minimum Gasteiger partial charge on any atom is -0.370 e. The van der Waals surface area contributed by atoms with E-state index < -0.39 is 0 Å². The number of ketones is 1. The summed E-state index contributed by atoms with van der Waals surface area (Å²) in [7, 11) is 0. The topological polar surface area (TPSA) is 26.3 Å². The summed E-state index contributed by atoms with van der Waals surface area (Å²) in [5, 5.41) is 1.92. The molecule has 0 radical (unpaired) electrons. The van der Waals surface area contributed by atoms with Gasteiger partial charge in [-0.05, 0) is 24.3 Å². The molecule has 12 heavy (non-hydrogen) atoms. The van der Waals surface area contributed by atoms with Crippen molar-refractivity contribution in [3.8, 4) is 0 Å². The van der Waals surface area contributed by atoms with Crippen LogP contribution in [0.15, 0.2) is 17.5 Å². The van der Waals surface area contributed by atoms with Gasteiger partial charge in [0.25, 0.3) is 0 Å². The third-order valence-electron chi connectivity index (χ3n) is 1.99. The van der Waals surface area contributed by atoms with Gasteiger partial charge >= 0.3 is 0 Å². The van der Waals surface area contributed by atoms with Crippen molar-refractivity contribution in [1.29, 1.82) is 0 Å². The highest BCUT2D eigenvalue weighted by Crippen LogP contribution is 2.19. The monoisotopic (exact) mass is 182 g/mol. The first-order chi connectivity index (χ1) is 5.88. The zero-order valence-corrected chi connectivity index (χ0v) is 7.47. The maximum atomic E-state index is 11.6. The summed E-state index contributed by atoms with van der Waals surface area (Å²) in [5.74, 6) is 0.155. The molecule has 1 fully saturated rings. The van der Waals surface area contributed by atoms with E-state index in [1.165, 1.54) is 11.3 Å². The Morgan fingerprint density at radius 2 is 2.58 bits per heavy atom. The van der Waals surface area contributed by atoms with Gasteiger partial charge in [-0.3, -0.25) is 4.79 Å². The lowest BCUT2D eigenvalue weighted by atomic mass is 10.1. The van der Waals surface area contributed by atoms with Gasteiger partial charge in [0.1, 0.15) is 6.10 Å². The standard InChI is InChI=1S/C9H10O2S/c10-9(7-3-1-5-11-7)8-4-2-6-12-8/h2,4,6-7H,1,3,5H2. The highest BCUT2D eigenvalue weighted by molar-refractivity contribution is 7.12. The zero-order chi connectivity index (χ0) is 8.39. The predicted octanol–water partition coefficient (Wildman–Crippen LogP) is 2.11. The minimum absolute atomic E-state index is 0.155. The molecule has 1 atom stereocenters. The van der Waals surface area contributed by atoms with Crippen LogP contribution in [-0.2, 0) is 4.74 Å². The SMILES string of the molecule is O=C(c1cccs1)C1CCCO1. The fourth-order valence-electron chi connectivity index (χ4n) is 1.36. The Hall–Kier alpha value is -0.670. The summed E-state index contributed by atoms with van der Waals surface area (Å²) in [6.45, 7) is 0.738. The molecule has 1 aliphatic heterocycles. The molecule has 0 N–H and O–H groups in total. The van der Waals surface area contributed by atoms with E-state index in [9.17, 15) is 4.79 Å². The Labute approximate surface area is 75.2 Å². The van der Waals surface area contributed by atoms with Crippen molar-refractivity contribution in [3.05, 3.63) is 22.4 Å². The van der Waals surface area contributed by atoms with E-state index in [0.717, 1.165) is 24.3 Å². The van der Waals surface area contributed by atoms with Crippen LogP contribution in [0.1, 0.15) is 22.5 Å². The molecule has 2 heterocycles. The van der Waals surface area contributed by atoms with Crippen LogP contribution in [0.3, 0.4) is 0 Å². The molecule has 0 aromatic carbocycles. The first-order valence-corrected chi connectivity index (χ1v) is 4.95. The third kappa shape index (κ3) is 1.42. The quantitative estimate of drug-likeness (QED) is 0.655. The van der Waals surface area contributed by atoms with Crippen LogP contribution in [-0.4, -0.2) is 18.5 Å². The number of thiophene rings is 1. The lowest BCUT2D eigenvalue weighted by Gasteiger charge is -2.04. The van der Waals surface area contributed by atoms with Crippen molar-refractivity contribution in [3.63, 3.8) is 0 Å². The van der Waals surface area contributed by atoms with Crippen molar-refractivity contribution in [2.75, 3.05) is 6.61 Å². The van der Waals surface area contributed by atoms with Gasteiger partial charge in [0.15, 0.2) is 0 Å². The molecule has 1 aromatic rings. The summed E-state index contributed by atoms with van der Waals surface area (Å²) >= 11 is 1.49. The van der Waals surface area contributed by atoms with Gasteiger partial charge in [-0.1, -0.05) is 6.07 Å². The van der Waals surface area contributed by atoms with Gasteiger partial charge in [0, 0.05) is 6.61 Å². The van der Waals surface area contributed by atoms with Crippen molar-refractivity contribution in [1.82, 2.24) is 0 Å². The van der Waals surface area contributed by atoms with E-state index in [1.54, 1.807) is 0 Å². The number of ether oxygens (including phenoxy) is 1. The number of hydrogen-bond donors (Lipinski definition) is 0. The Bertz CT molecular complexity index is 260. The lowest BCUT2D eigenvalue weighted by Crippen LogP contribution is -2.18. The Kier molecular flexibility index (Phi) is 2.23. The second kappa shape index (κ2) is 3.37. The summed E-state index contributed by atoms with van der Waals surface area (Å²) in [5.41, 5.74) is 0. The largest absolute Gasteiger partial charge is 0.370 e. The first kappa shape index (κ1) is 7.95. The molecule has 0 amide bonds. The predicted molar refractivity (Wildman–Crippen MR) is 47.6 cm³/mol. The summed E-state index contributed by atoms with van der Waals surface area (Å²) in [4.78, 5) is 12.4. The molecule has 1 aliphatic rings. The highest BCUT2D eigenvalue weighted by Gasteiger charge is 2.24. The Balaban J connectivity index is 2.09. The number of carbonyl (C=O) groups excluding carboxylic acids is 1. The number of carbonyl (C=O) groups is 1. The van der Waals surface area contributed by atoms with Crippen LogP contribution in [0, 0.1) is 0 Å². The zero-order valence-electron chi connectivity index (χ0n) is 6.66. The van der Waals surface area contributed by atoms with Crippen molar-refractivity contribution >= 4 is 17.1 Å². The molecule has 1 aromatic heterocycles. The highest BCUT2D eigenvalue weighted by atomic mass is 32.1. The van der Waals surface area contributed by atoms with Crippen LogP contribution < -0.4 is 0 Å². The molecule has 0 saturated carbocycles. The maximum absolute atomic E-state index is 11.6. The summed E-state index contributed by atoms with van der Waals surface area (Å²) in [6.07, 6.45) is 1.74. The fraction of sp³-hybridized carbons (Fsp3) is 0.444. The molecule has 1 saturated heterocycles. The second-order valence-corrected chi connectivity index (χ2v) is 3.79. The maximum Gasteiger partial charge on any atom is 0.201 e. The average molecular weight is 182 g/mol. The molecular weight excluding hydrogens is 172 g/mol. The molecule has 2 rings (SSSR count). The van der Waals surface area contributed by atoms with E-state index in [4.69, 9.17) is 4.74 Å². The molecule has 2 nitrogen and oxygen atoms in total. The van der Waals surface area contributed by atoms with Crippen molar-refractivity contribution in [2.24, 2.45) is 0 Å². The molecule has 3 heteroatoms. The van der Waals surface area contributed by atoms with Crippen LogP contribution in [0.25, 0.3) is 0 Å². The van der Waals surface area contributed by atoms with Gasteiger partial charge in [-0.25, -0.2) is 0 Å². The second-order valence-electron chi connectivity index (χ2n) is 2.84. The van der Waals surface area contributed by atoms with E-state index in [1.807, 2.05) is 17.5 Å². The van der Waals surface area contributed by atoms with Crippen LogP contribution in [0.5, 0.6) is 0 Å². The first-order valence-electron chi connectivity index (χ1n) is 4.07. The smallest absolute Gasteiger partial charge is 0.201 e. The number of rotatable bonds is 2. The van der Waals surface area contributed by atoms with E-state index >= 15 is 0 Å². The number of Topliss-reactive ketones (excluding diaryl/α,β-unsaturated/α-hetero) is 1. The van der Waals surface area contributed by atoms with E-state index in [0.29, 0.717) is 0 Å². The minimum atomic E-state index is -0.163. The molecular formula is C9H10O2S. The summed E-state index contributed by atoms with van der Waals surface area (Å²) < 4.78 is 5.30. The lowest BCUT2D eigenvalue weighted by molar-refractivity contribution is 0.0647. The Morgan fingerprint density at radius 1 is 1.67 bits per heavy atom. The average Bonchev–Trinajstić information content (AvgIpc) is 2.77. The molecule has 64 valence electrons. The van der Waals surface area contributed by atoms with Gasteiger partial charge in [-0.15, -0.1) is 11.3 Å². The Morgan fingerprint density at radius 3 is 3.17 bits per heavy atom. The van der Waals surface area contributed by atoms with Gasteiger partial charge in [0.2, 0.25) is 5.78 Å². The van der Waals surface area contributed by atoms with E-state index in [-0.39, 0.29) is 11.9 Å². The fourth-order valence-corrected chi connectivity index (χ4v) is 2.07. The molecule has 0 bridgehead atoms. The van der Waals surface area contributed by atoms with Crippen LogP contribution in [0.4, 0.5) is 0 Å². The molecule has 1 unspecified atom stereocenters. The third-order valence-corrected chi connectivity index (χ3v) is 2.87. The molecule has 0 spiro atoms. The normalized spacial score (nSPS) is 22.8.